The second-order valence-electron chi connectivity index (χ2n) is 12.0. The number of aromatic nitrogens is 1. The van der Waals surface area contributed by atoms with Crippen molar-refractivity contribution in [3.8, 4) is 11.1 Å². The fourth-order valence-electron chi connectivity index (χ4n) is 5.77. The number of hydrogen-bond donors (Lipinski definition) is 1. The van der Waals surface area contributed by atoms with E-state index in [2.05, 4.69) is 26.3 Å². The van der Waals surface area contributed by atoms with Crippen molar-refractivity contribution in [2.75, 3.05) is 12.0 Å². The number of amides is 1. The van der Waals surface area contributed by atoms with Crippen LogP contribution in [0.2, 0.25) is 5.02 Å². The highest BCUT2D eigenvalue weighted by Crippen LogP contribution is 2.52. The maximum Gasteiger partial charge on any atom is 0.413 e. The minimum Gasteiger partial charge on any atom is -0.479 e. The van der Waals surface area contributed by atoms with Gasteiger partial charge in [-0.05, 0) is 80.2 Å². The summed E-state index contributed by atoms with van der Waals surface area (Å²) in [5.41, 5.74) is 4.43. The molecule has 38 heavy (non-hydrogen) atoms. The lowest BCUT2D eigenvalue weighted by atomic mass is 9.36. The fourth-order valence-corrected chi connectivity index (χ4v) is 5.90. The Morgan fingerprint density at radius 2 is 1.63 bits per heavy atom. The van der Waals surface area contributed by atoms with E-state index in [9.17, 15) is 14.7 Å². The van der Waals surface area contributed by atoms with Crippen molar-refractivity contribution in [2.45, 2.75) is 57.0 Å². The number of methoxy groups -OCH3 is 1. The van der Waals surface area contributed by atoms with Gasteiger partial charge in [0.1, 0.15) is 31.4 Å². The van der Waals surface area contributed by atoms with Crippen LogP contribution in [0.5, 0.6) is 0 Å². The molecule has 12 heteroatoms. The molecule has 1 aromatic heterocycles. The second-order valence-corrected chi connectivity index (χ2v) is 12.5. The Morgan fingerprint density at radius 3 is 2.13 bits per heavy atom. The summed E-state index contributed by atoms with van der Waals surface area (Å²) in [4.78, 5) is 28.0. The first-order valence-corrected chi connectivity index (χ1v) is 13.1. The second kappa shape index (κ2) is 9.16. The van der Waals surface area contributed by atoms with Gasteiger partial charge in [-0.2, -0.15) is 0 Å². The van der Waals surface area contributed by atoms with Crippen LogP contribution in [0.15, 0.2) is 30.3 Å². The predicted octanol–water partition coefficient (Wildman–Crippen LogP) is 1.90. The molecule has 196 valence electrons. The molecule has 2 aromatic carbocycles. The van der Waals surface area contributed by atoms with Gasteiger partial charge in [0, 0.05) is 21.7 Å². The van der Waals surface area contributed by atoms with Crippen LogP contribution in [0.4, 0.5) is 10.5 Å². The van der Waals surface area contributed by atoms with Gasteiger partial charge < -0.3 is 19.1 Å². The van der Waals surface area contributed by atoms with Crippen LogP contribution in [-0.2, 0) is 19.6 Å². The molecular weight excluding hydrogens is 499 g/mol. The average Bonchev–Trinajstić information content (AvgIpc) is 3.15. The molecule has 1 aliphatic heterocycles. The van der Waals surface area contributed by atoms with Crippen molar-refractivity contribution in [3.05, 3.63) is 52.2 Å². The number of halogens is 1. The monoisotopic (exact) mass is 532 g/mol. The third-order valence-corrected chi connectivity index (χ3v) is 8.25. The summed E-state index contributed by atoms with van der Waals surface area (Å²) in [6.45, 7) is 9.39. The summed E-state index contributed by atoms with van der Waals surface area (Å²) < 4.78 is 13.8. The van der Waals surface area contributed by atoms with Crippen LogP contribution >= 0.6 is 11.6 Å². The number of carbonyl (C=O) groups is 2. The number of carbonyl (C=O) groups excluding carboxylic acids is 1. The van der Waals surface area contributed by atoms with Crippen LogP contribution in [0.1, 0.15) is 43.7 Å². The quantitative estimate of drug-likeness (QED) is 0.520. The average molecular weight is 532 g/mol. The molecule has 0 spiro atoms. The highest BCUT2D eigenvalue weighted by Gasteiger charge is 2.52. The summed E-state index contributed by atoms with van der Waals surface area (Å²) in [7, 11) is 9.58. The molecule has 0 saturated heterocycles. The van der Waals surface area contributed by atoms with Crippen LogP contribution in [-0.4, -0.2) is 71.2 Å². The lowest BCUT2D eigenvalue weighted by molar-refractivity contribution is -0.160. The Hall–Kier alpha value is -2.77. The standard InChI is InChI=1S/C26H33B4ClN2O5/c1-12-11-16-18(14-7-9-15(31)10-8-14)17(21(22(34)35)38-24(3,4)5)13(2)19-20(16)32(12)25(27,28)26(29,30)33(19)23(36)37-6/h7-11,21H,27-30H2,1-6H3,(H,34,35)/t21-/m0/s1. The van der Waals surface area contributed by atoms with Crippen LogP contribution in [0.3, 0.4) is 0 Å². The largest absolute Gasteiger partial charge is 0.479 e. The number of aliphatic carboxylic acids is 1. The molecule has 0 unspecified atom stereocenters. The van der Waals surface area contributed by atoms with E-state index in [1.165, 1.54) is 7.11 Å². The Kier molecular flexibility index (Phi) is 6.81. The SMILES string of the molecule is BC1(B)N(C(=O)OC)c2c(C)c([C@H](OC(C)(C)C)C(=O)O)c(-c3ccc(Cl)cc3)c3cc(C)n(c23)C1(B)B. The molecule has 0 bridgehead atoms. The molecular formula is C26H33B4ClN2O5. The van der Waals surface area contributed by atoms with Gasteiger partial charge in [0.25, 0.3) is 0 Å². The number of carboxylic acid groups (broad SMARTS) is 1. The van der Waals surface area contributed by atoms with Gasteiger partial charge in [0.05, 0.1) is 23.9 Å². The van der Waals surface area contributed by atoms with Crippen molar-refractivity contribution < 1.29 is 24.2 Å². The van der Waals surface area contributed by atoms with E-state index in [4.69, 9.17) is 21.1 Å². The van der Waals surface area contributed by atoms with Crippen molar-refractivity contribution in [2.24, 2.45) is 0 Å². The summed E-state index contributed by atoms with van der Waals surface area (Å²) in [5.74, 6) is -1.11. The normalized spacial score (nSPS) is 16.9. The maximum absolute atomic E-state index is 13.4. The molecule has 0 saturated carbocycles. The molecule has 7 nitrogen and oxygen atoms in total. The summed E-state index contributed by atoms with van der Waals surface area (Å²) in [5, 5.41) is 10.7. The van der Waals surface area contributed by atoms with Gasteiger partial charge in [0.2, 0.25) is 0 Å². The minimum absolute atomic E-state index is 0.499. The lowest BCUT2D eigenvalue weighted by Crippen LogP contribution is -2.71. The third-order valence-electron chi connectivity index (χ3n) is 7.99. The van der Waals surface area contributed by atoms with Gasteiger partial charge in [-0.25, -0.2) is 9.59 Å². The zero-order valence-corrected chi connectivity index (χ0v) is 24.6. The topological polar surface area (TPSA) is 81.0 Å². The number of nitrogens with zero attached hydrogens (tertiary/aromatic N) is 2. The summed E-state index contributed by atoms with van der Waals surface area (Å²) >= 11 is 6.23. The summed E-state index contributed by atoms with van der Waals surface area (Å²) in [6, 6.07) is 9.43. The van der Waals surface area contributed by atoms with E-state index in [0.717, 1.165) is 27.7 Å². The number of hydrogen-bond acceptors (Lipinski definition) is 4. The predicted molar refractivity (Wildman–Crippen MR) is 163 cm³/mol. The molecule has 4 rings (SSSR count). The van der Waals surface area contributed by atoms with Gasteiger partial charge in [0.15, 0.2) is 6.10 Å². The number of ether oxygens (including phenoxy) is 2. The van der Waals surface area contributed by atoms with Crippen molar-refractivity contribution in [1.82, 2.24) is 4.57 Å². The van der Waals surface area contributed by atoms with Crippen LogP contribution < -0.4 is 4.90 Å². The first kappa shape index (κ1) is 28.2. The van der Waals surface area contributed by atoms with Gasteiger partial charge in [-0.15, -0.1) is 0 Å². The first-order chi connectivity index (χ1) is 17.5. The number of aryl methyl sites for hydroxylation is 1. The smallest absolute Gasteiger partial charge is 0.413 e. The molecule has 2 heterocycles. The lowest BCUT2D eigenvalue weighted by Gasteiger charge is -2.55. The fraction of sp³-hybridized carbons (Fsp3) is 0.385. The molecule has 0 aliphatic carbocycles. The zero-order valence-electron chi connectivity index (χ0n) is 23.8. The van der Waals surface area contributed by atoms with Crippen molar-refractivity contribution >= 4 is 71.6 Å². The van der Waals surface area contributed by atoms with Gasteiger partial charge >= 0.3 is 12.1 Å². The van der Waals surface area contributed by atoms with E-state index < -0.39 is 34.4 Å². The number of benzene rings is 2. The number of carboxylic acids is 1. The Labute approximate surface area is 232 Å². The van der Waals surface area contributed by atoms with Gasteiger partial charge in [-0.3, -0.25) is 4.90 Å². The maximum atomic E-state index is 13.4. The van der Waals surface area contributed by atoms with E-state index in [0.29, 0.717) is 21.8 Å². The Balaban J connectivity index is 2.29. The molecule has 0 fully saturated rings. The molecule has 1 N–H and O–H groups in total. The number of anilines is 1. The van der Waals surface area contributed by atoms with Crippen molar-refractivity contribution in [3.63, 3.8) is 0 Å². The Bertz CT molecular complexity index is 1460. The zero-order chi connectivity index (χ0) is 28.5. The van der Waals surface area contributed by atoms with E-state index in [-0.39, 0.29) is 0 Å². The Morgan fingerprint density at radius 1 is 1.05 bits per heavy atom. The first-order valence-electron chi connectivity index (χ1n) is 12.7. The van der Waals surface area contributed by atoms with Crippen molar-refractivity contribution in [1.29, 1.82) is 0 Å². The highest BCUT2D eigenvalue weighted by atomic mass is 35.5. The molecule has 1 atom stereocenters. The summed E-state index contributed by atoms with van der Waals surface area (Å²) in [6.07, 6.45) is -1.80. The van der Waals surface area contributed by atoms with E-state index >= 15 is 0 Å². The molecule has 0 radical (unpaired) electrons. The molecule has 1 amide bonds. The highest BCUT2D eigenvalue weighted by molar-refractivity contribution is 6.56. The number of rotatable bonds is 4. The molecule has 1 aliphatic rings. The van der Waals surface area contributed by atoms with E-state index in [1.807, 2.05) is 62.4 Å². The molecule has 3 aromatic rings. The third kappa shape index (κ3) is 4.15. The van der Waals surface area contributed by atoms with E-state index in [1.54, 1.807) is 17.0 Å². The van der Waals surface area contributed by atoms with Gasteiger partial charge in [-0.1, -0.05) is 23.7 Å². The van der Waals surface area contributed by atoms with Crippen LogP contribution in [0, 0.1) is 13.8 Å². The van der Waals surface area contributed by atoms with Crippen LogP contribution in [0.25, 0.3) is 22.0 Å². The minimum atomic E-state index is -1.29.